The van der Waals surface area contributed by atoms with Gasteiger partial charge in [-0.2, -0.15) is 0 Å². The lowest BCUT2D eigenvalue weighted by Crippen LogP contribution is -2.06. The highest BCUT2D eigenvalue weighted by Crippen LogP contribution is 2.38. The third kappa shape index (κ3) is 2.34. The van der Waals surface area contributed by atoms with E-state index in [1.807, 2.05) is 11.3 Å². The first kappa shape index (κ1) is 12.9. The zero-order valence-corrected chi connectivity index (χ0v) is 12.6. The minimum absolute atomic E-state index is 0.919. The predicted molar refractivity (Wildman–Crippen MR) is 82.2 cm³/mol. The van der Waals surface area contributed by atoms with Crippen LogP contribution in [0.5, 0.6) is 0 Å². The van der Waals surface area contributed by atoms with Gasteiger partial charge in [0.1, 0.15) is 16.5 Å². The summed E-state index contributed by atoms with van der Waals surface area (Å²) in [5, 5.41) is 4.75. The van der Waals surface area contributed by atoms with Gasteiger partial charge in [-0.25, -0.2) is 9.97 Å². The summed E-state index contributed by atoms with van der Waals surface area (Å²) in [6.07, 6.45) is 7.13. The van der Waals surface area contributed by atoms with Gasteiger partial charge < -0.3 is 5.32 Å². The average molecular weight is 275 g/mol. The fourth-order valence-corrected chi connectivity index (χ4v) is 4.11. The summed E-state index contributed by atoms with van der Waals surface area (Å²) in [7, 11) is 0. The molecule has 0 aliphatic heterocycles. The smallest absolute Gasteiger partial charge is 0.138 e. The van der Waals surface area contributed by atoms with E-state index in [2.05, 4.69) is 19.2 Å². The maximum absolute atomic E-state index is 4.78. The number of aryl methyl sites for hydroxylation is 3. The quantitative estimate of drug-likeness (QED) is 0.918. The Hall–Kier alpha value is -1.16. The Morgan fingerprint density at radius 3 is 2.79 bits per heavy atom. The van der Waals surface area contributed by atoms with Crippen molar-refractivity contribution >= 4 is 27.4 Å². The minimum atomic E-state index is 0.919. The molecule has 19 heavy (non-hydrogen) atoms. The zero-order chi connectivity index (χ0) is 13.2. The summed E-state index contributed by atoms with van der Waals surface area (Å²) in [5.74, 6) is 2.06. The second kappa shape index (κ2) is 5.45. The van der Waals surface area contributed by atoms with E-state index in [1.54, 1.807) is 4.88 Å². The molecule has 3 rings (SSSR count). The lowest BCUT2D eigenvalue weighted by molar-refractivity contribution is 0.700. The maximum Gasteiger partial charge on any atom is 0.138 e. The van der Waals surface area contributed by atoms with Crippen molar-refractivity contribution in [1.82, 2.24) is 9.97 Å². The fourth-order valence-electron chi connectivity index (χ4n) is 2.83. The molecule has 2 aromatic heterocycles. The molecule has 2 aromatic rings. The van der Waals surface area contributed by atoms with Crippen molar-refractivity contribution in [2.75, 3.05) is 11.9 Å². The lowest BCUT2D eigenvalue weighted by atomic mass is 9.97. The number of aromatic nitrogens is 2. The molecular formula is C15H21N3S. The van der Waals surface area contributed by atoms with Gasteiger partial charge in [0.05, 0.1) is 5.39 Å². The van der Waals surface area contributed by atoms with E-state index < -0.39 is 0 Å². The van der Waals surface area contributed by atoms with Crippen molar-refractivity contribution < 1.29 is 0 Å². The third-order valence-electron chi connectivity index (χ3n) is 3.68. The number of anilines is 1. The summed E-state index contributed by atoms with van der Waals surface area (Å²) in [4.78, 5) is 12.3. The lowest BCUT2D eigenvalue weighted by Gasteiger charge is -2.12. The highest BCUT2D eigenvalue weighted by Gasteiger charge is 2.20. The number of hydrogen-bond donors (Lipinski definition) is 1. The largest absolute Gasteiger partial charge is 0.370 e. The monoisotopic (exact) mass is 275 g/mol. The van der Waals surface area contributed by atoms with Crippen LogP contribution in [-0.2, 0) is 19.3 Å². The van der Waals surface area contributed by atoms with Crippen LogP contribution in [0, 0.1) is 0 Å². The number of nitrogens with one attached hydrogen (secondary N) is 1. The van der Waals surface area contributed by atoms with Gasteiger partial charge in [-0.05, 0) is 44.6 Å². The van der Waals surface area contributed by atoms with Crippen LogP contribution in [0.25, 0.3) is 10.2 Å². The van der Waals surface area contributed by atoms with Crippen LogP contribution in [0.15, 0.2) is 0 Å². The maximum atomic E-state index is 4.78. The van der Waals surface area contributed by atoms with Crippen molar-refractivity contribution in [3.8, 4) is 0 Å². The van der Waals surface area contributed by atoms with Crippen LogP contribution in [0.2, 0.25) is 0 Å². The van der Waals surface area contributed by atoms with E-state index in [9.17, 15) is 0 Å². The SMILES string of the molecule is CCCc1nc(NCC)c2c3c(sc2n1)CCCC3. The van der Waals surface area contributed by atoms with Crippen molar-refractivity contribution in [3.63, 3.8) is 0 Å². The Kier molecular flexibility index (Phi) is 3.69. The minimum Gasteiger partial charge on any atom is -0.370 e. The number of thiophene rings is 1. The molecule has 0 spiro atoms. The van der Waals surface area contributed by atoms with E-state index in [1.165, 1.54) is 41.5 Å². The number of fused-ring (bicyclic) bond motifs is 3. The Bertz CT molecular complexity index is 589. The Balaban J connectivity index is 2.18. The molecule has 0 fully saturated rings. The number of hydrogen-bond acceptors (Lipinski definition) is 4. The molecule has 4 heteroatoms. The Morgan fingerprint density at radius 1 is 1.16 bits per heavy atom. The van der Waals surface area contributed by atoms with Crippen molar-refractivity contribution in [2.24, 2.45) is 0 Å². The topological polar surface area (TPSA) is 37.8 Å². The van der Waals surface area contributed by atoms with Gasteiger partial charge in [-0.1, -0.05) is 6.92 Å². The van der Waals surface area contributed by atoms with Crippen molar-refractivity contribution in [2.45, 2.75) is 52.4 Å². The van der Waals surface area contributed by atoms with Crippen molar-refractivity contribution in [3.05, 3.63) is 16.3 Å². The van der Waals surface area contributed by atoms with E-state index in [4.69, 9.17) is 9.97 Å². The van der Waals surface area contributed by atoms with E-state index >= 15 is 0 Å². The summed E-state index contributed by atoms with van der Waals surface area (Å²) >= 11 is 1.89. The van der Waals surface area contributed by atoms with Crippen LogP contribution in [-0.4, -0.2) is 16.5 Å². The first-order valence-corrected chi connectivity index (χ1v) is 8.20. The molecule has 0 saturated heterocycles. The summed E-state index contributed by atoms with van der Waals surface area (Å²) in [6.45, 7) is 5.23. The molecule has 1 N–H and O–H groups in total. The molecular weight excluding hydrogens is 254 g/mol. The summed E-state index contributed by atoms with van der Waals surface area (Å²) < 4.78 is 0. The van der Waals surface area contributed by atoms with Gasteiger partial charge in [-0.15, -0.1) is 11.3 Å². The molecule has 0 unspecified atom stereocenters. The molecule has 1 aliphatic carbocycles. The molecule has 0 atom stereocenters. The molecule has 0 saturated carbocycles. The Morgan fingerprint density at radius 2 is 2.00 bits per heavy atom. The van der Waals surface area contributed by atoms with Gasteiger partial charge in [0, 0.05) is 17.8 Å². The third-order valence-corrected chi connectivity index (χ3v) is 4.86. The molecule has 2 heterocycles. The molecule has 0 aromatic carbocycles. The molecule has 102 valence electrons. The predicted octanol–water partition coefficient (Wildman–Crippen LogP) is 3.95. The van der Waals surface area contributed by atoms with Gasteiger partial charge in [0.25, 0.3) is 0 Å². The van der Waals surface area contributed by atoms with Crippen LogP contribution in [0.1, 0.15) is 49.4 Å². The van der Waals surface area contributed by atoms with E-state index in [-0.39, 0.29) is 0 Å². The highest BCUT2D eigenvalue weighted by molar-refractivity contribution is 7.19. The van der Waals surface area contributed by atoms with Gasteiger partial charge >= 0.3 is 0 Å². The van der Waals surface area contributed by atoms with E-state index in [0.29, 0.717) is 0 Å². The first-order valence-electron chi connectivity index (χ1n) is 7.38. The normalized spacial score (nSPS) is 14.6. The van der Waals surface area contributed by atoms with E-state index in [0.717, 1.165) is 31.0 Å². The Labute approximate surface area is 118 Å². The zero-order valence-electron chi connectivity index (χ0n) is 11.8. The fraction of sp³-hybridized carbons (Fsp3) is 0.600. The molecule has 3 nitrogen and oxygen atoms in total. The van der Waals surface area contributed by atoms with Gasteiger partial charge in [-0.3, -0.25) is 0 Å². The van der Waals surface area contributed by atoms with Crippen LogP contribution in [0.4, 0.5) is 5.82 Å². The van der Waals surface area contributed by atoms with Gasteiger partial charge in [0.15, 0.2) is 0 Å². The van der Waals surface area contributed by atoms with Crippen LogP contribution in [0.3, 0.4) is 0 Å². The molecule has 0 bridgehead atoms. The number of nitrogens with zero attached hydrogens (tertiary/aromatic N) is 2. The van der Waals surface area contributed by atoms with Crippen molar-refractivity contribution in [1.29, 1.82) is 0 Å². The van der Waals surface area contributed by atoms with Gasteiger partial charge in [0.2, 0.25) is 0 Å². The van der Waals surface area contributed by atoms with Crippen LogP contribution < -0.4 is 5.32 Å². The molecule has 0 amide bonds. The first-order chi connectivity index (χ1) is 9.33. The molecule has 0 radical (unpaired) electrons. The summed E-state index contributed by atoms with van der Waals surface area (Å²) in [6, 6.07) is 0. The second-order valence-electron chi connectivity index (χ2n) is 5.16. The highest BCUT2D eigenvalue weighted by atomic mass is 32.1. The molecule has 1 aliphatic rings. The number of rotatable bonds is 4. The second-order valence-corrected chi connectivity index (χ2v) is 6.24. The average Bonchev–Trinajstić information content (AvgIpc) is 2.77. The summed E-state index contributed by atoms with van der Waals surface area (Å²) in [5.41, 5.74) is 1.52. The van der Waals surface area contributed by atoms with Crippen LogP contribution >= 0.6 is 11.3 Å². The standard InChI is InChI=1S/C15H21N3S/c1-3-7-12-17-14(16-4-2)13-10-8-5-6-9-11(10)19-15(13)18-12/h3-9H2,1-2H3,(H,16,17,18).